The van der Waals surface area contributed by atoms with E-state index in [0.717, 1.165) is 17.1 Å². The molecule has 0 aliphatic rings. The van der Waals surface area contributed by atoms with Crippen LogP contribution in [0.15, 0.2) is 182 Å². The van der Waals surface area contributed by atoms with E-state index in [9.17, 15) is 0 Å². The molecule has 0 radical (unpaired) electrons. The molecule has 0 saturated heterocycles. The zero-order valence-electron chi connectivity index (χ0n) is 27.2. The van der Waals surface area contributed by atoms with E-state index < -0.39 is 0 Å². The molecule has 8 aromatic carbocycles. The van der Waals surface area contributed by atoms with E-state index in [1.807, 2.05) is 11.3 Å². The minimum absolute atomic E-state index is 1.13. The van der Waals surface area contributed by atoms with E-state index >= 15 is 0 Å². The highest BCUT2D eigenvalue weighted by atomic mass is 32.1. The van der Waals surface area contributed by atoms with Crippen LogP contribution < -0.4 is 4.90 Å². The van der Waals surface area contributed by atoms with E-state index in [2.05, 4.69) is 194 Å². The topological polar surface area (TPSA) is 3.24 Å². The Morgan fingerprint density at radius 2 is 1.02 bits per heavy atom. The van der Waals surface area contributed by atoms with E-state index in [1.54, 1.807) is 0 Å². The number of anilines is 3. The lowest BCUT2D eigenvalue weighted by molar-refractivity contribution is 1.29. The number of rotatable bonds is 6. The van der Waals surface area contributed by atoms with Gasteiger partial charge in [0.2, 0.25) is 0 Å². The number of benzene rings is 8. The zero-order chi connectivity index (χ0) is 32.7. The summed E-state index contributed by atoms with van der Waals surface area (Å²) in [6.07, 6.45) is 0. The van der Waals surface area contributed by atoms with Crippen molar-refractivity contribution in [3.63, 3.8) is 0 Å². The summed E-state index contributed by atoms with van der Waals surface area (Å²) >= 11 is 1.87. The van der Waals surface area contributed by atoms with Gasteiger partial charge in [0.05, 0.1) is 11.4 Å². The Bertz CT molecular complexity index is 2600. The molecule has 1 heterocycles. The van der Waals surface area contributed by atoms with Crippen molar-refractivity contribution in [1.29, 1.82) is 0 Å². The lowest BCUT2D eigenvalue weighted by Gasteiger charge is -2.31. The van der Waals surface area contributed by atoms with Crippen LogP contribution in [-0.4, -0.2) is 0 Å². The number of hydrogen-bond donors (Lipinski definition) is 0. The van der Waals surface area contributed by atoms with E-state index in [-0.39, 0.29) is 0 Å². The quantitative estimate of drug-likeness (QED) is 0.174. The Kier molecular flexibility index (Phi) is 7.30. The van der Waals surface area contributed by atoms with Crippen LogP contribution >= 0.6 is 11.3 Å². The minimum atomic E-state index is 1.13. The summed E-state index contributed by atoms with van der Waals surface area (Å²) in [5.41, 5.74) is 11.9. The van der Waals surface area contributed by atoms with Gasteiger partial charge in [-0.25, -0.2) is 0 Å². The summed E-state index contributed by atoms with van der Waals surface area (Å²) < 4.78 is 2.61. The van der Waals surface area contributed by atoms with E-state index in [4.69, 9.17) is 0 Å². The zero-order valence-corrected chi connectivity index (χ0v) is 28.0. The maximum atomic E-state index is 2.49. The molecule has 0 N–H and O–H groups in total. The highest BCUT2D eigenvalue weighted by molar-refractivity contribution is 7.25. The summed E-state index contributed by atoms with van der Waals surface area (Å²) in [6.45, 7) is 2.22. The standard InChI is InChI=1S/C47H33NS/c1-32-14-13-23-45-47(32)40-26-25-39(31-46(40)49-45)48(44-30-37-22-12-11-21-36(37)28-42(44)35-19-9-4-10-20-35)43-27-24-38(33-15-5-2-6-16-33)29-41(43)34-17-7-3-8-18-34/h2-31H,1H3. The van der Waals surface area contributed by atoms with Crippen molar-refractivity contribution in [3.05, 3.63) is 188 Å². The molecule has 49 heavy (non-hydrogen) atoms. The Morgan fingerprint density at radius 3 is 1.71 bits per heavy atom. The molecule has 0 saturated carbocycles. The number of nitrogens with zero attached hydrogens (tertiary/aromatic N) is 1. The fourth-order valence-electron chi connectivity index (χ4n) is 7.19. The molecule has 9 aromatic rings. The molecule has 0 spiro atoms. The number of fused-ring (bicyclic) bond motifs is 4. The van der Waals surface area contributed by atoms with Crippen molar-refractivity contribution in [2.75, 3.05) is 4.90 Å². The van der Waals surface area contributed by atoms with Crippen LogP contribution in [0, 0.1) is 6.92 Å². The normalized spacial score (nSPS) is 11.4. The van der Waals surface area contributed by atoms with Gasteiger partial charge in [0.1, 0.15) is 0 Å². The largest absolute Gasteiger partial charge is 0.309 e. The fourth-order valence-corrected chi connectivity index (χ4v) is 8.41. The van der Waals surface area contributed by atoms with Crippen molar-refractivity contribution in [1.82, 2.24) is 0 Å². The number of aryl methyl sites for hydroxylation is 1. The van der Waals surface area contributed by atoms with Gasteiger partial charge in [-0.3, -0.25) is 0 Å². The molecule has 0 aliphatic heterocycles. The third kappa shape index (κ3) is 5.27. The second kappa shape index (κ2) is 12.2. The smallest absolute Gasteiger partial charge is 0.0546 e. The van der Waals surface area contributed by atoms with Gasteiger partial charge in [0, 0.05) is 37.0 Å². The van der Waals surface area contributed by atoms with E-state index in [0.29, 0.717) is 0 Å². The van der Waals surface area contributed by atoms with Crippen molar-refractivity contribution in [2.24, 2.45) is 0 Å². The average Bonchev–Trinajstić information content (AvgIpc) is 3.55. The van der Waals surface area contributed by atoms with Crippen LogP contribution in [0.25, 0.3) is 64.3 Å². The Labute approximate surface area is 291 Å². The van der Waals surface area contributed by atoms with E-state index in [1.165, 1.54) is 69.9 Å². The Balaban J connectivity index is 1.37. The molecule has 9 rings (SSSR count). The first-order chi connectivity index (χ1) is 24.2. The maximum absolute atomic E-state index is 2.49. The monoisotopic (exact) mass is 643 g/mol. The molecule has 2 heteroatoms. The number of thiophene rings is 1. The lowest BCUT2D eigenvalue weighted by Crippen LogP contribution is -2.12. The summed E-state index contributed by atoms with van der Waals surface area (Å²) in [7, 11) is 0. The maximum Gasteiger partial charge on any atom is 0.0546 e. The molecule has 0 unspecified atom stereocenters. The third-order valence-electron chi connectivity index (χ3n) is 9.57. The predicted octanol–water partition coefficient (Wildman–Crippen LogP) is 14.0. The van der Waals surface area contributed by atoms with Crippen molar-refractivity contribution in [3.8, 4) is 33.4 Å². The second-order valence-corrected chi connectivity index (χ2v) is 13.7. The number of hydrogen-bond acceptors (Lipinski definition) is 2. The third-order valence-corrected chi connectivity index (χ3v) is 10.7. The highest BCUT2D eigenvalue weighted by Gasteiger charge is 2.23. The molecule has 1 aromatic heterocycles. The Hall–Kier alpha value is -5.96. The minimum Gasteiger partial charge on any atom is -0.309 e. The van der Waals surface area contributed by atoms with Crippen molar-refractivity contribution in [2.45, 2.75) is 6.92 Å². The van der Waals surface area contributed by atoms with Gasteiger partial charge in [-0.2, -0.15) is 0 Å². The van der Waals surface area contributed by atoms with Crippen LogP contribution in [0.2, 0.25) is 0 Å². The van der Waals surface area contributed by atoms with Crippen LogP contribution in [0.4, 0.5) is 17.1 Å². The Morgan fingerprint density at radius 1 is 0.408 bits per heavy atom. The lowest BCUT2D eigenvalue weighted by atomic mass is 9.94. The molecule has 232 valence electrons. The summed E-state index contributed by atoms with van der Waals surface area (Å²) in [6, 6.07) is 66.3. The molecular formula is C47H33NS. The molecule has 1 nitrogen and oxygen atoms in total. The van der Waals surface area contributed by atoms with Crippen LogP contribution in [0.3, 0.4) is 0 Å². The van der Waals surface area contributed by atoms with Gasteiger partial charge in [0.15, 0.2) is 0 Å². The van der Waals surface area contributed by atoms with Gasteiger partial charge in [-0.1, -0.05) is 140 Å². The van der Waals surface area contributed by atoms with Gasteiger partial charge >= 0.3 is 0 Å². The SMILES string of the molecule is Cc1cccc2sc3cc(N(c4ccc(-c5ccccc5)cc4-c4ccccc4)c4cc5ccccc5cc4-c4ccccc4)ccc3c12. The van der Waals surface area contributed by atoms with Crippen LogP contribution in [-0.2, 0) is 0 Å². The molecular weight excluding hydrogens is 611 g/mol. The molecule has 0 atom stereocenters. The van der Waals surface area contributed by atoms with Crippen molar-refractivity contribution >= 4 is 59.3 Å². The highest BCUT2D eigenvalue weighted by Crippen LogP contribution is 2.48. The van der Waals surface area contributed by atoms with Crippen LogP contribution in [0.1, 0.15) is 5.56 Å². The first kappa shape index (κ1) is 29.2. The van der Waals surface area contributed by atoms with Gasteiger partial charge < -0.3 is 4.90 Å². The molecule has 0 bridgehead atoms. The molecule has 0 aliphatic carbocycles. The molecule has 0 fully saturated rings. The second-order valence-electron chi connectivity index (χ2n) is 12.6. The molecule has 0 amide bonds. The van der Waals surface area contributed by atoms with Crippen molar-refractivity contribution < 1.29 is 0 Å². The van der Waals surface area contributed by atoms with Crippen LogP contribution in [0.5, 0.6) is 0 Å². The summed E-state index contributed by atoms with van der Waals surface area (Å²) in [5, 5.41) is 5.10. The first-order valence-electron chi connectivity index (χ1n) is 16.8. The van der Waals surface area contributed by atoms with Gasteiger partial charge in [-0.05, 0) is 88.0 Å². The summed E-state index contributed by atoms with van der Waals surface area (Å²) in [5.74, 6) is 0. The average molecular weight is 644 g/mol. The predicted molar refractivity (Wildman–Crippen MR) is 213 cm³/mol. The van der Waals surface area contributed by atoms with Gasteiger partial charge in [0.25, 0.3) is 0 Å². The first-order valence-corrected chi connectivity index (χ1v) is 17.6. The summed E-state index contributed by atoms with van der Waals surface area (Å²) in [4.78, 5) is 2.49. The fraction of sp³-hybridized carbons (Fsp3) is 0.0213. The van der Waals surface area contributed by atoms with Gasteiger partial charge in [-0.15, -0.1) is 11.3 Å².